The van der Waals surface area contributed by atoms with Crippen LogP contribution in [0.2, 0.25) is 0 Å². The summed E-state index contributed by atoms with van der Waals surface area (Å²) in [5.74, 6) is -1.07. The lowest BCUT2D eigenvalue weighted by molar-refractivity contribution is -0.141. The highest BCUT2D eigenvalue weighted by Gasteiger charge is 2.44. The number of aromatic amines is 1. The lowest BCUT2D eigenvalue weighted by Gasteiger charge is -2.32. The lowest BCUT2D eigenvalue weighted by atomic mass is 9.76. The molecule has 1 aromatic rings. The van der Waals surface area contributed by atoms with Crippen LogP contribution in [0, 0.1) is 11.8 Å². The number of aromatic nitrogens is 2. The van der Waals surface area contributed by atoms with E-state index in [2.05, 4.69) is 20.6 Å². The van der Waals surface area contributed by atoms with Crippen LogP contribution in [0.15, 0.2) is 12.5 Å². The number of amides is 4. The number of carbonyl (C=O) groups is 4. The molecular formula is C22H32N6O4. The van der Waals surface area contributed by atoms with Crippen molar-refractivity contribution in [2.75, 3.05) is 6.54 Å². The smallest absolute Gasteiger partial charge is 0.246 e. The van der Waals surface area contributed by atoms with Gasteiger partial charge in [0.05, 0.1) is 6.33 Å². The molecule has 10 heteroatoms. The number of hydrogen-bond donors (Lipinski definition) is 4. The molecule has 1 aliphatic carbocycles. The number of rotatable bonds is 7. The van der Waals surface area contributed by atoms with Crippen LogP contribution in [0.5, 0.6) is 0 Å². The normalized spacial score (nSPS) is 27.2. The zero-order valence-corrected chi connectivity index (χ0v) is 18.2. The van der Waals surface area contributed by atoms with E-state index in [1.807, 2.05) is 0 Å². The maximum Gasteiger partial charge on any atom is 0.246 e. The summed E-state index contributed by atoms with van der Waals surface area (Å²) in [5.41, 5.74) is 6.19. The first kappa shape index (κ1) is 22.3. The fourth-order valence-electron chi connectivity index (χ4n) is 5.54. The van der Waals surface area contributed by atoms with Gasteiger partial charge in [-0.1, -0.05) is 32.1 Å². The molecule has 1 aromatic heterocycles. The molecule has 1 unspecified atom stereocenters. The Balaban J connectivity index is 1.50. The third-order valence-corrected chi connectivity index (χ3v) is 7.16. The first-order valence-electron chi connectivity index (χ1n) is 11.6. The van der Waals surface area contributed by atoms with Crippen molar-refractivity contribution < 1.29 is 19.2 Å². The fraction of sp³-hybridized carbons (Fsp3) is 0.682. The molecule has 10 nitrogen and oxygen atoms in total. The molecule has 0 spiro atoms. The van der Waals surface area contributed by atoms with E-state index < -0.39 is 24.0 Å². The predicted octanol–water partition coefficient (Wildman–Crippen LogP) is -0.00170. The zero-order valence-electron chi connectivity index (χ0n) is 18.2. The van der Waals surface area contributed by atoms with Gasteiger partial charge in [0.2, 0.25) is 23.6 Å². The molecular weight excluding hydrogens is 412 g/mol. The second-order valence-corrected chi connectivity index (χ2v) is 9.25. The summed E-state index contributed by atoms with van der Waals surface area (Å²) >= 11 is 0. The SMILES string of the molecule is NC(=O)[C@@H]1CCCN1C(=O)[C@H](Cc1cnc[nH]1)NC(=O)[C@H]1NC(=O)CC1C1CCCCC1. The minimum absolute atomic E-state index is 0.0594. The van der Waals surface area contributed by atoms with Gasteiger partial charge in [0, 0.05) is 31.3 Å². The number of carbonyl (C=O) groups excluding carboxylic acids is 4. The van der Waals surface area contributed by atoms with E-state index in [4.69, 9.17) is 5.73 Å². The van der Waals surface area contributed by atoms with Crippen molar-refractivity contribution in [1.29, 1.82) is 0 Å². The van der Waals surface area contributed by atoms with Gasteiger partial charge in [-0.25, -0.2) is 4.98 Å². The molecule has 2 saturated heterocycles. The number of hydrogen-bond acceptors (Lipinski definition) is 5. The number of nitrogens with two attached hydrogens (primary N) is 1. The van der Waals surface area contributed by atoms with Crippen molar-refractivity contribution in [3.8, 4) is 0 Å². The van der Waals surface area contributed by atoms with Crippen LogP contribution in [-0.2, 0) is 25.6 Å². The average molecular weight is 445 g/mol. The Hall–Kier alpha value is -2.91. The van der Waals surface area contributed by atoms with Crippen LogP contribution in [0.4, 0.5) is 0 Å². The maximum atomic E-state index is 13.4. The highest BCUT2D eigenvalue weighted by molar-refractivity contribution is 5.96. The quantitative estimate of drug-likeness (QED) is 0.467. The van der Waals surface area contributed by atoms with Gasteiger partial charge in [0.15, 0.2) is 0 Å². The van der Waals surface area contributed by atoms with E-state index in [1.165, 1.54) is 17.6 Å². The number of nitrogens with zero attached hydrogens (tertiary/aromatic N) is 2. The summed E-state index contributed by atoms with van der Waals surface area (Å²) in [4.78, 5) is 59.1. The zero-order chi connectivity index (χ0) is 22.7. The van der Waals surface area contributed by atoms with Crippen LogP contribution < -0.4 is 16.4 Å². The molecule has 4 rings (SSSR count). The van der Waals surface area contributed by atoms with Gasteiger partial charge in [0.25, 0.3) is 0 Å². The van der Waals surface area contributed by atoms with Crippen LogP contribution in [0.3, 0.4) is 0 Å². The third kappa shape index (κ3) is 4.78. The fourth-order valence-corrected chi connectivity index (χ4v) is 5.54. The monoisotopic (exact) mass is 444 g/mol. The molecule has 4 amide bonds. The minimum Gasteiger partial charge on any atom is -0.368 e. The molecule has 5 N–H and O–H groups in total. The number of likely N-dealkylation sites (tertiary alicyclic amines) is 1. The molecule has 3 aliphatic rings. The van der Waals surface area contributed by atoms with Gasteiger partial charge in [-0.15, -0.1) is 0 Å². The molecule has 0 radical (unpaired) electrons. The average Bonchev–Trinajstić information content (AvgIpc) is 3.54. The van der Waals surface area contributed by atoms with Crippen LogP contribution in [-0.4, -0.2) is 63.2 Å². The Morgan fingerprint density at radius 2 is 1.97 bits per heavy atom. The Morgan fingerprint density at radius 1 is 1.19 bits per heavy atom. The summed E-state index contributed by atoms with van der Waals surface area (Å²) in [5, 5.41) is 5.71. The Kier molecular flexibility index (Phi) is 6.76. The predicted molar refractivity (Wildman–Crippen MR) is 115 cm³/mol. The summed E-state index contributed by atoms with van der Waals surface area (Å²) in [6.45, 7) is 0.423. The van der Waals surface area contributed by atoms with Gasteiger partial charge in [-0.2, -0.15) is 0 Å². The Bertz CT molecular complexity index is 851. The molecule has 3 heterocycles. The van der Waals surface area contributed by atoms with E-state index in [1.54, 1.807) is 6.20 Å². The van der Waals surface area contributed by atoms with Gasteiger partial charge in [-0.05, 0) is 24.7 Å². The van der Waals surface area contributed by atoms with Crippen LogP contribution in [0.25, 0.3) is 0 Å². The molecule has 3 fully saturated rings. The summed E-state index contributed by atoms with van der Waals surface area (Å²) in [6.07, 6.45) is 10.4. The topological polar surface area (TPSA) is 150 Å². The number of imidazole rings is 1. The maximum absolute atomic E-state index is 13.4. The molecule has 0 bridgehead atoms. The summed E-state index contributed by atoms with van der Waals surface area (Å²) in [7, 11) is 0. The largest absolute Gasteiger partial charge is 0.368 e. The van der Waals surface area contributed by atoms with Gasteiger partial charge < -0.3 is 26.3 Å². The summed E-state index contributed by atoms with van der Waals surface area (Å²) < 4.78 is 0. The molecule has 0 aromatic carbocycles. The van der Waals surface area contributed by atoms with Crippen molar-refractivity contribution in [1.82, 2.24) is 25.5 Å². The van der Waals surface area contributed by atoms with Crippen molar-refractivity contribution in [3.05, 3.63) is 18.2 Å². The number of nitrogens with one attached hydrogen (secondary N) is 3. The van der Waals surface area contributed by atoms with Gasteiger partial charge >= 0.3 is 0 Å². The van der Waals surface area contributed by atoms with E-state index in [0.29, 0.717) is 37.4 Å². The van der Waals surface area contributed by atoms with E-state index in [0.717, 1.165) is 25.7 Å². The molecule has 174 valence electrons. The second-order valence-electron chi connectivity index (χ2n) is 9.25. The highest BCUT2D eigenvalue weighted by Crippen LogP contribution is 2.36. The van der Waals surface area contributed by atoms with E-state index in [9.17, 15) is 19.2 Å². The van der Waals surface area contributed by atoms with Crippen molar-refractivity contribution in [2.45, 2.75) is 75.9 Å². The lowest BCUT2D eigenvalue weighted by Crippen LogP contribution is -2.57. The van der Waals surface area contributed by atoms with Crippen molar-refractivity contribution in [3.63, 3.8) is 0 Å². The highest BCUT2D eigenvalue weighted by atomic mass is 16.2. The van der Waals surface area contributed by atoms with Gasteiger partial charge in [-0.3, -0.25) is 19.2 Å². The third-order valence-electron chi connectivity index (χ3n) is 7.16. The molecule has 4 atom stereocenters. The standard InChI is InChI=1S/C22H32N6O4/c23-20(30)17-7-4-8-28(17)22(32)16(9-14-11-24-12-25-14)26-21(31)19-15(10-18(29)27-19)13-5-2-1-3-6-13/h11-13,15-17,19H,1-10H2,(H2,23,30)(H,24,25)(H,26,31)(H,27,29)/t15?,16-,17-,19-/m0/s1. The molecule has 1 saturated carbocycles. The second kappa shape index (κ2) is 9.70. The van der Waals surface area contributed by atoms with Crippen molar-refractivity contribution >= 4 is 23.6 Å². The van der Waals surface area contributed by atoms with E-state index >= 15 is 0 Å². The van der Waals surface area contributed by atoms with Crippen molar-refractivity contribution in [2.24, 2.45) is 17.6 Å². The van der Waals surface area contributed by atoms with Crippen LogP contribution >= 0.6 is 0 Å². The first-order chi connectivity index (χ1) is 15.4. The first-order valence-corrected chi connectivity index (χ1v) is 11.6. The summed E-state index contributed by atoms with van der Waals surface area (Å²) in [6, 6.07) is -2.19. The molecule has 2 aliphatic heterocycles. The number of primary amides is 1. The number of H-pyrrole nitrogens is 1. The molecule has 32 heavy (non-hydrogen) atoms. The van der Waals surface area contributed by atoms with Crippen LogP contribution in [0.1, 0.15) is 57.1 Å². The Labute approximate surface area is 187 Å². The Morgan fingerprint density at radius 3 is 2.66 bits per heavy atom. The van der Waals surface area contributed by atoms with E-state index in [-0.39, 0.29) is 30.1 Å². The minimum atomic E-state index is -0.882. The van der Waals surface area contributed by atoms with Gasteiger partial charge in [0.1, 0.15) is 18.1 Å².